The van der Waals surface area contributed by atoms with Gasteiger partial charge >= 0.3 is 5.69 Å². The molecule has 1 aromatic carbocycles. The summed E-state index contributed by atoms with van der Waals surface area (Å²) in [5.74, 6) is 0. The van der Waals surface area contributed by atoms with Crippen molar-refractivity contribution in [1.82, 2.24) is 9.55 Å². The second-order valence-corrected chi connectivity index (χ2v) is 3.63. The number of nitrogens with zero attached hydrogens (tertiary/aromatic N) is 2. The Balaban J connectivity index is 2.48. The minimum atomic E-state index is -0.151. The molecular formula is C12H14N2O. The predicted octanol–water partition coefficient (Wildman–Crippen LogP) is 2.20. The van der Waals surface area contributed by atoms with E-state index in [0.29, 0.717) is 0 Å². The lowest BCUT2D eigenvalue weighted by Crippen LogP contribution is -2.22. The number of aryl methyl sites for hydroxylation is 1. The van der Waals surface area contributed by atoms with E-state index in [1.165, 1.54) is 0 Å². The van der Waals surface area contributed by atoms with Crippen LogP contribution in [0.2, 0.25) is 0 Å². The van der Waals surface area contributed by atoms with Crippen LogP contribution in [0.4, 0.5) is 0 Å². The molecule has 0 unspecified atom stereocenters. The Bertz CT molecular complexity index is 516. The zero-order valence-corrected chi connectivity index (χ0v) is 8.81. The van der Waals surface area contributed by atoms with Crippen LogP contribution in [0.25, 0.3) is 10.9 Å². The Hall–Kier alpha value is -1.64. The molecule has 1 aromatic heterocycles. The fourth-order valence-electron chi connectivity index (χ4n) is 1.58. The fraction of sp³-hybridized carbons (Fsp3) is 0.333. The molecule has 78 valence electrons. The van der Waals surface area contributed by atoms with E-state index >= 15 is 0 Å². The number of unbranched alkanes of at least 4 members (excludes halogenated alkanes) is 1. The van der Waals surface area contributed by atoms with Crippen molar-refractivity contribution in [2.24, 2.45) is 0 Å². The van der Waals surface area contributed by atoms with E-state index in [4.69, 9.17) is 0 Å². The lowest BCUT2D eigenvalue weighted by molar-refractivity contribution is 0.604. The van der Waals surface area contributed by atoms with Crippen LogP contribution in [-0.2, 0) is 6.54 Å². The molecule has 0 radical (unpaired) electrons. The van der Waals surface area contributed by atoms with E-state index in [2.05, 4.69) is 11.9 Å². The van der Waals surface area contributed by atoms with Gasteiger partial charge in [0.1, 0.15) is 0 Å². The van der Waals surface area contributed by atoms with Crippen molar-refractivity contribution in [2.45, 2.75) is 26.3 Å². The van der Waals surface area contributed by atoms with Crippen molar-refractivity contribution in [3.05, 3.63) is 40.9 Å². The van der Waals surface area contributed by atoms with Crippen LogP contribution in [0.15, 0.2) is 35.3 Å². The highest BCUT2D eigenvalue weighted by Gasteiger charge is 1.99. The third-order valence-corrected chi connectivity index (χ3v) is 2.45. The monoisotopic (exact) mass is 202 g/mol. The first-order chi connectivity index (χ1) is 7.31. The largest absolute Gasteiger partial charge is 0.348 e. The summed E-state index contributed by atoms with van der Waals surface area (Å²) in [5, 5.41) is 1.02. The molecule has 0 bridgehead atoms. The summed E-state index contributed by atoms with van der Waals surface area (Å²) in [6.07, 6.45) is 3.99. The van der Waals surface area contributed by atoms with Gasteiger partial charge in [-0.05, 0) is 12.5 Å². The Labute approximate surface area is 88.4 Å². The Kier molecular flexibility index (Phi) is 2.81. The van der Waals surface area contributed by atoms with Gasteiger partial charge in [0, 0.05) is 18.1 Å². The lowest BCUT2D eigenvalue weighted by atomic mass is 10.2. The number of benzene rings is 1. The molecule has 0 aliphatic rings. The Morgan fingerprint density at radius 2 is 2.13 bits per heavy atom. The van der Waals surface area contributed by atoms with Gasteiger partial charge in [0.2, 0.25) is 0 Å². The molecule has 0 fully saturated rings. The SMILES string of the molecule is CCCCn1cc2ccccc2nc1=O. The minimum absolute atomic E-state index is 0.151. The van der Waals surface area contributed by atoms with Crippen molar-refractivity contribution in [2.75, 3.05) is 0 Å². The topological polar surface area (TPSA) is 34.9 Å². The number of aromatic nitrogens is 2. The molecule has 15 heavy (non-hydrogen) atoms. The van der Waals surface area contributed by atoms with Crippen LogP contribution in [0.3, 0.4) is 0 Å². The highest BCUT2D eigenvalue weighted by atomic mass is 16.1. The second kappa shape index (κ2) is 4.26. The van der Waals surface area contributed by atoms with E-state index in [1.807, 2.05) is 30.5 Å². The van der Waals surface area contributed by atoms with Crippen molar-refractivity contribution >= 4 is 10.9 Å². The minimum Gasteiger partial charge on any atom is -0.299 e. The molecule has 0 atom stereocenters. The van der Waals surface area contributed by atoms with Crippen LogP contribution in [0, 0.1) is 0 Å². The van der Waals surface area contributed by atoms with Gasteiger partial charge in [-0.2, -0.15) is 4.98 Å². The maximum atomic E-state index is 11.6. The van der Waals surface area contributed by atoms with Crippen LogP contribution < -0.4 is 5.69 Å². The molecule has 2 rings (SSSR count). The van der Waals surface area contributed by atoms with Gasteiger partial charge in [0.15, 0.2) is 0 Å². The summed E-state index contributed by atoms with van der Waals surface area (Å²) in [7, 11) is 0. The number of para-hydroxylation sites is 1. The predicted molar refractivity (Wildman–Crippen MR) is 60.9 cm³/mol. The normalized spacial score (nSPS) is 10.7. The van der Waals surface area contributed by atoms with E-state index < -0.39 is 0 Å². The third-order valence-electron chi connectivity index (χ3n) is 2.45. The first-order valence-electron chi connectivity index (χ1n) is 5.27. The quantitative estimate of drug-likeness (QED) is 0.764. The standard InChI is InChI=1S/C12H14N2O/c1-2-3-8-14-9-10-6-4-5-7-11(10)13-12(14)15/h4-7,9H,2-3,8H2,1H3. The molecule has 1 heterocycles. The van der Waals surface area contributed by atoms with Gasteiger partial charge in [-0.25, -0.2) is 4.79 Å². The molecule has 3 nitrogen and oxygen atoms in total. The number of rotatable bonds is 3. The molecule has 0 saturated carbocycles. The summed E-state index contributed by atoms with van der Waals surface area (Å²) in [5.41, 5.74) is 0.623. The first-order valence-corrected chi connectivity index (χ1v) is 5.27. The van der Waals surface area contributed by atoms with Gasteiger partial charge in [0.25, 0.3) is 0 Å². The summed E-state index contributed by atoms with van der Waals surface area (Å²) in [4.78, 5) is 15.6. The molecule has 3 heteroatoms. The van der Waals surface area contributed by atoms with Crippen LogP contribution >= 0.6 is 0 Å². The van der Waals surface area contributed by atoms with Crippen molar-refractivity contribution in [3.8, 4) is 0 Å². The average molecular weight is 202 g/mol. The van der Waals surface area contributed by atoms with Gasteiger partial charge in [-0.15, -0.1) is 0 Å². The summed E-state index contributed by atoms with van der Waals surface area (Å²) < 4.78 is 1.69. The van der Waals surface area contributed by atoms with Crippen LogP contribution in [0.5, 0.6) is 0 Å². The second-order valence-electron chi connectivity index (χ2n) is 3.63. The van der Waals surface area contributed by atoms with Crippen LogP contribution in [-0.4, -0.2) is 9.55 Å². The summed E-state index contributed by atoms with van der Waals surface area (Å²) in [6, 6.07) is 7.69. The number of hydrogen-bond donors (Lipinski definition) is 0. The lowest BCUT2D eigenvalue weighted by Gasteiger charge is -2.04. The molecule has 0 saturated heterocycles. The van der Waals surface area contributed by atoms with Crippen molar-refractivity contribution in [1.29, 1.82) is 0 Å². The van der Waals surface area contributed by atoms with Crippen LogP contribution in [0.1, 0.15) is 19.8 Å². The van der Waals surface area contributed by atoms with Gasteiger partial charge in [0.05, 0.1) is 5.52 Å². The summed E-state index contributed by atoms with van der Waals surface area (Å²) in [6.45, 7) is 2.87. The third kappa shape index (κ3) is 2.06. The van der Waals surface area contributed by atoms with Gasteiger partial charge < -0.3 is 0 Å². The highest BCUT2D eigenvalue weighted by Crippen LogP contribution is 2.07. The fourth-order valence-corrected chi connectivity index (χ4v) is 1.58. The van der Waals surface area contributed by atoms with E-state index in [-0.39, 0.29) is 5.69 Å². The Morgan fingerprint density at radius 3 is 2.93 bits per heavy atom. The zero-order valence-electron chi connectivity index (χ0n) is 8.81. The molecule has 2 aromatic rings. The molecule has 0 aliphatic heterocycles. The number of hydrogen-bond acceptors (Lipinski definition) is 2. The van der Waals surface area contributed by atoms with Crippen molar-refractivity contribution in [3.63, 3.8) is 0 Å². The van der Waals surface area contributed by atoms with E-state index in [0.717, 1.165) is 30.3 Å². The van der Waals surface area contributed by atoms with Crippen molar-refractivity contribution < 1.29 is 0 Å². The molecular weight excluding hydrogens is 188 g/mol. The van der Waals surface area contributed by atoms with Gasteiger partial charge in [-0.3, -0.25) is 4.57 Å². The highest BCUT2D eigenvalue weighted by molar-refractivity contribution is 5.76. The smallest absolute Gasteiger partial charge is 0.299 e. The maximum absolute atomic E-state index is 11.6. The molecule has 0 N–H and O–H groups in total. The van der Waals surface area contributed by atoms with Gasteiger partial charge in [-0.1, -0.05) is 31.5 Å². The number of fused-ring (bicyclic) bond motifs is 1. The first kappa shape index (κ1) is 9.90. The summed E-state index contributed by atoms with van der Waals surface area (Å²) >= 11 is 0. The zero-order chi connectivity index (χ0) is 10.7. The molecule has 0 spiro atoms. The molecule has 0 amide bonds. The van der Waals surface area contributed by atoms with E-state index in [1.54, 1.807) is 4.57 Å². The van der Waals surface area contributed by atoms with E-state index in [9.17, 15) is 4.79 Å². The Morgan fingerprint density at radius 1 is 1.33 bits per heavy atom. The maximum Gasteiger partial charge on any atom is 0.348 e. The average Bonchev–Trinajstić information content (AvgIpc) is 2.26. The molecule has 0 aliphatic carbocycles.